The van der Waals surface area contributed by atoms with Crippen molar-refractivity contribution >= 4 is 5.78 Å². The number of carbonyl (C=O) groups is 1. The summed E-state index contributed by atoms with van der Waals surface area (Å²) < 4.78 is 6.12. The highest BCUT2D eigenvalue weighted by atomic mass is 16.5. The standard InChI is InChI=1S/C26H36O3/c1-19(2)9-6-10-20(3)11-7-12-21(4)13-8-16-26(5)18-24(28)23-17-22(27)14-15-25(23)29-26/h9,11,13-15,17,27H,6-8,10,12,16,18H2,1-5H3. The zero-order chi connectivity index (χ0) is 21.4. The van der Waals surface area contributed by atoms with Crippen molar-refractivity contribution in [2.75, 3.05) is 0 Å². The number of allylic oxidation sites excluding steroid dienone is 6. The van der Waals surface area contributed by atoms with Crippen molar-refractivity contribution < 1.29 is 14.6 Å². The summed E-state index contributed by atoms with van der Waals surface area (Å²) in [6.07, 6.45) is 13.4. The second-order valence-corrected chi connectivity index (χ2v) is 8.83. The molecule has 0 saturated carbocycles. The van der Waals surface area contributed by atoms with Crippen molar-refractivity contribution in [2.24, 2.45) is 0 Å². The Morgan fingerprint density at radius 2 is 1.66 bits per heavy atom. The van der Waals surface area contributed by atoms with Gasteiger partial charge in [0.05, 0.1) is 12.0 Å². The Morgan fingerprint density at radius 3 is 2.31 bits per heavy atom. The van der Waals surface area contributed by atoms with E-state index in [1.54, 1.807) is 12.1 Å². The predicted molar refractivity (Wildman–Crippen MR) is 121 cm³/mol. The van der Waals surface area contributed by atoms with Gasteiger partial charge in [0, 0.05) is 0 Å². The normalized spacial score (nSPS) is 19.6. The van der Waals surface area contributed by atoms with Crippen LogP contribution in [0.25, 0.3) is 0 Å². The second-order valence-electron chi connectivity index (χ2n) is 8.83. The van der Waals surface area contributed by atoms with Gasteiger partial charge in [-0.1, -0.05) is 34.9 Å². The first-order valence-corrected chi connectivity index (χ1v) is 10.7. The van der Waals surface area contributed by atoms with E-state index in [9.17, 15) is 9.90 Å². The van der Waals surface area contributed by atoms with Gasteiger partial charge in [0.15, 0.2) is 5.78 Å². The molecule has 3 heteroatoms. The molecule has 0 bridgehead atoms. The Hall–Kier alpha value is -2.29. The third kappa shape index (κ3) is 7.56. The van der Waals surface area contributed by atoms with Crippen molar-refractivity contribution in [1.82, 2.24) is 0 Å². The van der Waals surface area contributed by atoms with Crippen LogP contribution < -0.4 is 4.74 Å². The number of phenols is 1. The number of ketones is 1. The van der Waals surface area contributed by atoms with E-state index in [2.05, 4.69) is 45.9 Å². The van der Waals surface area contributed by atoms with E-state index in [1.165, 1.54) is 22.8 Å². The fourth-order valence-corrected chi connectivity index (χ4v) is 3.66. The zero-order valence-electron chi connectivity index (χ0n) is 18.7. The molecule has 2 rings (SSSR count). The van der Waals surface area contributed by atoms with Gasteiger partial charge in [0.2, 0.25) is 0 Å². The molecule has 0 spiro atoms. The molecule has 1 atom stereocenters. The van der Waals surface area contributed by atoms with E-state index in [1.807, 2.05) is 6.92 Å². The lowest BCUT2D eigenvalue weighted by Gasteiger charge is -2.34. The molecule has 1 N–H and O–H groups in total. The van der Waals surface area contributed by atoms with E-state index < -0.39 is 5.60 Å². The first-order valence-electron chi connectivity index (χ1n) is 10.7. The first kappa shape index (κ1) is 23.0. The molecule has 0 amide bonds. The van der Waals surface area contributed by atoms with Crippen molar-refractivity contribution in [1.29, 1.82) is 0 Å². The molecule has 1 aliphatic heterocycles. The van der Waals surface area contributed by atoms with Gasteiger partial charge in [-0.3, -0.25) is 4.79 Å². The number of aromatic hydroxyl groups is 1. The summed E-state index contributed by atoms with van der Waals surface area (Å²) in [6, 6.07) is 4.75. The molecule has 1 aliphatic rings. The Balaban J connectivity index is 1.80. The number of benzene rings is 1. The van der Waals surface area contributed by atoms with Crippen LogP contribution in [0.5, 0.6) is 11.5 Å². The van der Waals surface area contributed by atoms with Crippen LogP contribution in [0.1, 0.15) is 89.9 Å². The van der Waals surface area contributed by atoms with Crippen LogP contribution in [-0.2, 0) is 0 Å². The molecular weight excluding hydrogens is 360 g/mol. The van der Waals surface area contributed by atoms with E-state index in [-0.39, 0.29) is 11.5 Å². The SMILES string of the molecule is CC(C)=CCCC(C)=CCCC(C)=CCCC1(C)CC(=O)c2cc(O)ccc2O1. The summed E-state index contributed by atoms with van der Waals surface area (Å²) in [4.78, 5) is 12.5. The van der Waals surface area contributed by atoms with Gasteiger partial charge in [-0.05, 0) is 91.3 Å². The molecule has 1 aromatic rings. The van der Waals surface area contributed by atoms with Crippen molar-refractivity contribution in [2.45, 2.75) is 85.2 Å². The molecule has 0 aliphatic carbocycles. The van der Waals surface area contributed by atoms with Gasteiger partial charge in [-0.2, -0.15) is 0 Å². The number of fused-ring (bicyclic) bond motifs is 1. The monoisotopic (exact) mass is 396 g/mol. The summed E-state index contributed by atoms with van der Waals surface area (Å²) in [6.45, 7) is 10.7. The molecule has 0 aromatic heterocycles. The highest BCUT2D eigenvalue weighted by Crippen LogP contribution is 2.37. The highest BCUT2D eigenvalue weighted by molar-refractivity contribution is 6.00. The van der Waals surface area contributed by atoms with Crippen LogP contribution in [0.15, 0.2) is 53.1 Å². The fourth-order valence-electron chi connectivity index (χ4n) is 3.66. The molecule has 158 valence electrons. The number of rotatable bonds is 9. The fraction of sp³-hybridized carbons (Fsp3) is 0.500. The number of Topliss-reactive ketones (excluding diaryl/α,β-unsaturated/α-hetero) is 1. The summed E-state index contributed by atoms with van der Waals surface area (Å²) in [5.74, 6) is 0.721. The maximum Gasteiger partial charge on any atom is 0.170 e. The van der Waals surface area contributed by atoms with E-state index >= 15 is 0 Å². The van der Waals surface area contributed by atoms with E-state index in [0.717, 1.165) is 38.5 Å². The average Bonchev–Trinajstić information content (AvgIpc) is 2.62. The summed E-state index contributed by atoms with van der Waals surface area (Å²) >= 11 is 0. The smallest absolute Gasteiger partial charge is 0.170 e. The maximum absolute atomic E-state index is 12.5. The Labute approximate surface area is 176 Å². The third-order valence-electron chi connectivity index (χ3n) is 5.44. The Kier molecular flexibility index (Phi) is 8.31. The minimum Gasteiger partial charge on any atom is -0.508 e. The number of ether oxygens (including phenoxy) is 1. The van der Waals surface area contributed by atoms with Crippen LogP contribution in [0, 0.1) is 0 Å². The molecule has 1 heterocycles. The van der Waals surface area contributed by atoms with Crippen LogP contribution in [0.2, 0.25) is 0 Å². The van der Waals surface area contributed by atoms with Crippen molar-refractivity contribution in [3.63, 3.8) is 0 Å². The minimum absolute atomic E-state index is 0.0408. The van der Waals surface area contributed by atoms with Crippen LogP contribution in [-0.4, -0.2) is 16.5 Å². The summed E-state index contributed by atoms with van der Waals surface area (Å²) in [7, 11) is 0. The zero-order valence-corrected chi connectivity index (χ0v) is 18.7. The van der Waals surface area contributed by atoms with Crippen LogP contribution in [0.4, 0.5) is 0 Å². The summed E-state index contributed by atoms with van der Waals surface area (Å²) in [5, 5.41) is 9.59. The Bertz CT molecular complexity index is 809. The molecule has 3 nitrogen and oxygen atoms in total. The number of hydrogen-bond acceptors (Lipinski definition) is 3. The first-order chi connectivity index (χ1) is 13.7. The topological polar surface area (TPSA) is 46.5 Å². The highest BCUT2D eigenvalue weighted by Gasteiger charge is 2.36. The molecule has 0 radical (unpaired) electrons. The van der Waals surface area contributed by atoms with Gasteiger partial charge in [-0.25, -0.2) is 0 Å². The third-order valence-corrected chi connectivity index (χ3v) is 5.44. The maximum atomic E-state index is 12.5. The molecule has 0 fully saturated rings. The number of carbonyl (C=O) groups excluding carboxylic acids is 1. The van der Waals surface area contributed by atoms with Gasteiger partial charge in [0.25, 0.3) is 0 Å². The van der Waals surface area contributed by atoms with Crippen molar-refractivity contribution in [3.05, 3.63) is 58.7 Å². The van der Waals surface area contributed by atoms with Gasteiger partial charge < -0.3 is 9.84 Å². The van der Waals surface area contributed by atoms with Crippen LogP contribution in [0.3, 0.4) is 0 Å². The summed E-state index contributed by atoms with van der Waals surface area (Å²) in [5.41, 5.74) is 4.23. The predicted octanol–water partition coefficient (Wildman–Crippen LogP) is 7.32. The van der Waals surface area contributed by atoms with Gasteiger partial charge >= 0.3 is 0 Å². The average molecular weight is 397 g/mol. The van der Waals surface area contributed by atoms with Crippen molar-refractivity contribution in [3.8, 4) is 11.5 Å². The molecule has 29 heavy (non-hydrogen) atoms. The molecule has 1 unspecified atom stereocenters. The lowest BCUT2D eigenvalue weighted by Crippen LogP contribution is -2.39. The quantitative estimate of drug-likeness (QED) is 0.445. The minimum atomic E-state index is -0.487. The van der Waals surface area contributed by atoms with Gasteiger partial charge in [0.1, 0.15) is 17.1 Å². The molecular formula is C26H36O3. The number of phenolic OH excluding ortho intramolecular Hbond substituents is 1. The van der Waals surface area contributed by atoms with Gasteiger partial charge in [-0.15, -0.1) is 0 Å². The lowest BCUT2D eigenvalue weighted by atomic mass is 9.87. The number of hydrogen-bond donors (Lipinski definition) is 1. The molecule has 0 saturated heterocycles. The molecule has 1 aromatic carbocycles. The van der Waals surface area contributed by atoms with Crippen LogP contribution >= 0.6 is 0 Å². The largest absolute Gasteiger partial charge is 0.508 e. The Morgan fingerprint density at radius 1 is 1.03 bits per heavy atom. The van der Waals surface area contributed by atoms with E-state index in [0.29, 0.717) is 17.7 Å². The second kappa shape index (κ2) is 10.5. The van der Waals surface area contributed by atoms with E-state index in [4.69, 9.17) is 4.74 Å². The lowest BCUT2D eigenvalue weighted by molar-refractivity contribution is 0.0474.